The summed E-state index contributed by atoms with van der Waals surface area (Å²) < 4.78 is 7.05. The number of hydrogen-bond donors (Lipinski definition) is 5. The average Bonchev–Trinajstić information content (AvgIpc) is 3.06. The summed E-state index contributed by atoms with van der Waals surface area (Å²) in [6, 6.07) is 0. The van der Waals surface area contributed by atoms with Crippen LogP contribution in [0.1, 0.15) is 11.8 Å². The highest BCUT2D eigenvalue weighted by Gasteiger charge is 2.44. The van der Waals surface area contributed by atoms with E-state index in [1.165, 1.54) is 17.1 Å². The summed E-state index contributed by atoms with van der Waals surface area (Å²) in [7, 11) is 3.60. The highest BCUT2D eigenvalue weighted by molar-refractivity contribution is 6.10. The first kappa shape index (κ1) is 16.6. The third kappa shape index (κ3) is 2.40. The molecule has 1 aliphatic heterocycles. The van der Waals surface area contributed by atoms with Gasteiger partial charge in [-0.3, -0.25) is 5.41 Å². The Morgan fingerprint density at radius 3 is 2.62 bits per heavy atom. The fourth-order valence-electron chi connectivity index (χ4n) is 2.92. The van der Waals surface area contributed by atoms with Gasteiger partial charge in [-0.25, -0.2) is 9.97 Å². The molecule has 2 aromatic heterocycles. The molecule has 0 spiro atoms. The van der Waals surface area contributed by atoms with Crippen LogP contribution in [0.2, 0.25) is 0 Å². The van der Waals surface area contributed by atoms with Crippen molar-refractivity contribution in [3.05, 3.63) is 18.1 Å². The van der Waals surface area contributed by atoms with Crippen LogP contribution < -0.4 is 10.6 Å². The van der Waals surface area contributed by atoms with Crippen molar-refractivity contribution in [1.82, 2.24) is 14.5 Å². The number of hydrogen-bond acceptors (Lipinski definition) is 8. The average molecular weight is 336 g/mol. The molecule has 24 heavy (non-hydrogen) atoms. The molecule has 10 nitrogen and oxygen atoms in total. The highest BCUT2D eigenvalue weighted by atomic mass is 16.6. The molecule has 0 saturated carbocycles. The lowest BCUT2D eigenvalue weighted by molar-refractivity contribution is -0.0508. The zero-order valence-corrected chi connectivity index (χ0v) is 13.3. The van der Waals surface area contributed by atoms with Crippen molar-refractivity contribution >= 4 is 22.7 Å². The van der Waals surface area contributed by atoms with Gasteiger partial charge >= 0.3 is 0 Å². The molecule has 6 N–H and O–H groups in total. The number of anilines is 1. The van der Waals surface area contributed by atoms with E-state index in [0.717, 1.165) is 0 Å². The molecule has 0 amide bonds. The lowest BCUT2D eigenvalue weighted by Gasteiger charge is -2.18. The monoisotopic (exact) mass is 336 g/mol. The number of aliphatic hydroxyl groups is 3. The van der Waals surface area contributed by atoms with E-state index in [4.69, 9.17) is 15.9 Å². The Labute approximate surface area is 137 Å². The quantitative estimate of drug-likeness (QED) is 0.330. The van der Waals surface area contributed by atoms with Crippen LogP contribution in [0.4, 0.5) is 5.82 Å². The van der Waals surface area contributed by atoms with Crippen LogP contribution in [-0.2, 0) is 4.74 Å². The minimum absolute atomic E-state index is 0.177. The Kier molecular flexibility index (Phi) is 4.13. The number of rotatable bonds is 4. The first-order valence-electron chi connectivity index (χ1n) is 7.36. The van der Waals surface area contributed by atoms with Crippen LogP contribution in [0.15, 0.2) is 12.5 Å². The lowest BCUT2D eigenvalue weighted by Crippen LogP contribution is -2.33. The second kappa shape index (κ2) is 5.98. The SMILES string of the molecule is CN(C)c1ncnc2c1c(C(=N)N)cn2[C@@H]1O[C@H](CO)[C@@H](O)[C@H]1O. The maximum absolute atomic E-state index is 10.3. The zero-order valence-electron chi connectivity index (χ0n) is 13.3. The number of nitrogens with zero attached hydrogens (tertiary/aromatic N) is 4. The lowest BCUT2D eigenvalue weighted by atomic mass is 10.1. The van der Waals surface area contributed by atoms with E-state index in [1.807, 2.05) is 0 Å². The van der Waals surface area contributed by atoms with Gasteiger partial charge in [0.05, 0.1) is 12.0 Å². The van der Waals surface area contributed by atoms with E-state index in [2.05, 4.69) is 9.97 Å². The molecule has 0 aromatic carbocycles. The second-order valence-electron chi connectivity index (χ2n) is 5.88. The first-order valence-corrected chi connectivity index (χ1v) is 7.36. The van der Waals surface area contributed by atoms with Gasteiger partial charge in [-0.05, 0) is 0 Å². The van der Waals surface area contributed by atoms with Crippen LogP contribution in [0, 0.1) is 5.41 Å². The van der Waals surface area contributed by atoms with Crippen LogP contribution in [0.3, 0.4) is 0 Å². The Balaban J connectivity index is 2.20. The largest absolute Gasteiger partial charge is 0.394 e. The zero-order chi connectivity index (χ0) is 17.6. The van der Waals surface area contributed by atoms with Crippen molar-refractivity contribution in [2.45, 2.75) is 24.5 Å². The van der Waals surface area contributed by atoms with Crippen LogP contribution in [-0.4, -0.2) is 74.7 Å². The minimum atomic E-state index is -1.25. The van der Waals surface area contributed by atoms with Gasteiger partial charge in [-0.2, -0.15) is 0 Å². The Morgan fingerprint density at radius 1 is 1.38 bits per heavy atom. The molecular formula is C14H20N6O4. The van der Waals surface area contributed by atoms with E-state index < -0.39 is 31.1 Å². The fourth-order valence-corrected chi connectivity index (χ4v) is 2.92. The van der Waals surface area contributed by atoms with Crippen molar-refractivity contribution in [2.75, 3.05) is 25.6 Å². The van der Waals surface area contributed by atoms with Gasteiger partial charge in [0.15, 0.2) is 6.23 Å². The third-order valence-electron chi connectivity index (χ3n) is 4.09. The molecular weight excluding hydrogens is 316 g/mol. The number of ether oxygens (including phenoxy) is 1. The summed E-state index contributed by atoms with van der Waals surface area (Å²) in [4.78, 5) is 10.2. The fraction of sp³-hybridized carbons (Fsp3) is 0.500. The van der Waals surface area contributed by atoms with Gasteiger partial charge in [0, 0.05) is 25.9 Å². The van der Waals surface area contributed by atoms with Crippen LogP contribution in [0.25, 0.3) is 11.0 Å². The molecule has 3 heterocycles. The summed E-state index contributed by atoms with van der Waals surface area (Å²) in [5, 5.41) is 37.8. The van der Waals surface area contributed by atoms with E-state index >= 15 is 0 Å². The maximum Gasteiger partial charge on any atom is 0.164 e. The number of nitrogens with two attached hydrogens (primary N) is 1. The van der Waals surface area contributed by atoms with E-state index in [0.29, 0.717) is 22.4 Å². The van der Waals surface area contributed by atoms with Gasteiger partial charge in [-0.1, -0.05) is 0 Å². The molecule has 0 radical (unpaired) electrons. The third-order valence-corrected chi connectivity index (χ3v) is 4.09. The van der Waals surface area contributed by atoms with Gasteiger partial charge in [-0.15, -0.1) is 0 Å². The van der Waals surface area contributed by atoms with Gasteiger partial charge in [0.1, 0.15) is 41.9 Å². The standard InChI is InChI=1S/C14H20N6O4/c1-19(2)12-8-6(11(15)16)3-20(13(8)18-5-17-12)14-10(23)9(22)7(4-21)24-14/h3,5,7,9-10,14,21-23H,4H2,1-2H3,(H3,15,16)/t7-,9-,10-,14-/m1/s1. The van der Waals surface area contributed by atoms with Crippen molar-refractivity contribution in [3.8, 4) is 0 Å². The second-order valence-corrected chi connectivity index (χ2v) is 5.88. The number of aromatic nitrogens is 3. The number of amidine groups is 1. The Morgan fingerprint density at radius 2 is 2.08 bits per heavy atom. The molecule has 10 heteroatoms. The molecule has 130 valence electrons. The molecule has 4 atom stereocenters. The summed E-state index contributed by atoms with van der Waals surface area (Å²) in [6.45, 7) is -0.425. The predicted octanol–water partition coefficient (Wildman–Crippen LogP) is -1.61. The predicted molar refractivity (Wildman–Crippen MR) is 85.9 cm³/mol. The first-order chi connectivity index (χ1) is 11.4. The molecule has 0 unspecified atom stereocenters. The van der Waals surface area contributed by atoms with Gasteiger partial charge in [0.25, 0.3) is 0 Å². The van der Waals surface area contributed by atoms with Crippen molar-refractivity contribution in [3.63, 3.8) is 0 Å². The summed E-state index contributed by atoms with van der Waals surface area (Å²) >= 11 is 0. The number of nitrogens with one attached hydrogen (secondary N) is 1. The number of aliphatic hydroxyl groups excluding tert-OH is 3. The maximum atomic E-state index is 10.3. The summed E-state index contributed by atoms with van der Waals surface area (Å²) in [5.74, 6) is 0.388. The minimum Gasteiger partial charge on any atom is -0.394 e. The molecule has 1 saturated heterocycles. The Bertz CT molecular complexity index is 776. The molecule has 0 bridgehead atoms. The molecule has 0 aliphatic carbocycles. The van der Waals surface area contributed by atoms with Gasteiger partial charge < -0.3 is 35.3 Å². The van der Waals surface area contributed by atoms with E-state index in [-0.39, 0.29) is 5.84 Å². The molecule has 1 aliphatic rings. The van der Waals surface area contributed by atoms with Crippen LogP contribution in [0.5, 0.6) is 0 Å². The number of fused-ring (bicyclic) bond motifs is 1. The van der Waals surface area contributed by atoms with Crippen molar-refractivity contribution in [1.29, 1.82) is 5.41 Å². The Hall–Kier alpha value is -2.27. The number of nitrogen functional groups attached to an aromatic ring is 1. The molecule has 1 fully saturated rings. The topological polar surface area (TPSA) is 154 Å². The highest BCUT2D eigenvalue weighted by Crippen LogP contribution is 2.35. The molecule has 2 aromatic rings. The van der Waals surface area contributed by atoms with E-state index in [9.17, 15) is 15.3 Å². The van der Waals surface area contributed by atoms with Crippen molar-refractivity contribution in [2.24, 2.45) is 5.73 Å². The summed E-state index contributed by atoms with van der Waals surface area (Å²) in [5.41, 5.74) is 6.49. The van der Waals surface area contributed by atoms with Crippen LogP contribution >= 0.6 is 0 Å². The smallest absolute Gasteiger partial charge is 0.164 e. The molecule has 3 rings (SSSR count). The van der Waals surface area contributed by atoms with Crippen molar-refractivity contribution < 1.29 is 20.1 Å². The van der Waals surface area contributed by atoms with Gasteiger partial charge in [0.2, 0.25) is 0 Å². The van der Waals surface area contributed by atoms with E-state index in [1.54, 1.807) is 19.0 Å². The summed E-state index contributed by atoms with van der Waals surface area (Å²) in [6.07, 6.45) is -1.45. The normalized spacial score (nSPS) is 26.9.